The average molecular weight is 320 g/mol. The molecule has 1 aliphatic rings. The fourth-order valence-corrected chi connectivity index (χ4v) is 3.31. The fraction of sp³-hybridized carbons (Fsp3) is 0.533. The lowest BCUT2D eigenvalue weighted by Crippen LogP contribution is -2.38. The molecule has 2 aromatic rings. The van der Waals surface area contributed by atoms with Crippen LogP contribution in [0.2, 0.25) is 0 Å². The van der Waals surface area contributed by atoms with Gasteiger partial charge in [0.25, 0.3) is 0 Å². The molecule has 1 aliphatic carbocycles. The number of thioether (sulfide) groups is 1. The molecule has 0 bridgehead atoms. The Kier molecular flexibility index (Phi) is 4.94. The molecule has 0 aromatic carbocycles. The van der Waals surface area contributed by atoms with Gasteiger partial charge in [-0.3, -0.25) is 4.98 Å². The second-order valence-electron chi connectivity index (χ2n) is 5.61. The van der Waals surface area contributed by atoms with Gasteiger partial charge in [0, 0.05) is 23.8 Å². The largest absolute Gasteiger partial charge is 0.407 e. The maximum atomic E-state index is 10.4. The molecule has 6 nitrogen and oxygen atoms in total. The molecule has 1 fully saturated rings. The summed E-state index contributed by atoms with van der Waals surface area (Å²) >= 11 is 1.62. The minimum atomic E-state index is -0.640. The van der Waals surface area contributed by atoms with Gasteiger partial charge in [-0.1, -0.05) is 24.4 Å². The van der Waals surface area contributed by atoms with Crippen molar-refractivity contribution in [3.63, 3.8) is 0 Å². The first-order valence-corrected chi connectivity index (χ1v) is 8.54. The van der Waals surface area contributed by atoms with Crippen LogP contribution in [0.4, 0.5) is 6.01 Å². The molecule has 0 amide bonds. The highest BCUT2D eigenvalue weighted by Crippen LogP contribution is 2.28. The van der Waals surface area contributed by atoms with Crippen LogP contribution in [0.25, 0.3) is 0 Å². The van der Waals surface area contributed by atoms with Crippen LogP contribution in [0, 0.1) is 0 Å². The van der Waals surface area contributed by atoms with Crippen molar-refractivity contribution >= 4 is 17.8 Å². The van der Waals surface area contributed by atoms with E-state index < -0.39 is 5.60 Å². The second-order valence-corrected chi connectivity index (χ2v) is 6.66. The third-order valence-corrected chi connectivity index (χ3v) is 4.83. The monoisotopic (exact) mass is 320 g/mol. The summed E-state index contributed by atoms with van der Waals surface area (Å²) in [5.41, 5.74) is -0.640. The van der Waals surface area contributed by atoms with Gasteiger partial charge in [-0.2, -0.15) is 0 Å². The van der Waals surface area contributed by atoms with E-state index >= 15 is 0 Å². The first kappa shape index (κ1) is 15.3. The Hall–Kier alpha value is -1.60. The van der Waals surface area contributed by atoms with Crippen molar-refractivity contribution in [1.82, 2.24) is 15.2 Å². The first-order chi connectivity index (χ1) is 10.7. The number of aromatic nitrogens is 3. The van der Waals surface area contributed by atoms with Gasteiger partial charge in [-0.25, -0.2) is 0 Å². The normalized spacial score (nSPS) is 17.3. The van der Waals surface area contributed by atoms with E-state index in [4.69, 9.17) is 4.42 Å². The van der Waals surface area contributed by atoms with Gasteiger partial charge >= 0.3 is 6.01 Å². The number of hydrogen-bond acceptors (Lipinski definition) is 7. The van der Waals surface area contributed by atoms with Crippen LogP contribution >= 0.6 is 11.8 Å². The van der Waals surface area contributed by atoms with Crippen LogP contribution in [-0.4, -0.2) is 32.4 Å². The number of hydrogen-bond donors (Lipinski definition) is 2. The molecule has 0 spiro atoms. The number of nitrogens with one attached hydrogen (secondary N) is 1. The standard InChI is InChI=1S/C15H20N4O2S/c20-15(6-2-1-3-7-15)11-17-14-19-18-13(21-14)10-22-12-4-8-16-9-5-12/h4-5,8-9,20H,1-3,6-7,10-11H2,(H,17,19). The molecule has 0 radical (unpaired) electrons. The molecule has 1 saturated carbocycles. The van der Waals surface area contributed by atoms with Crippen molar-refractivity contribution in [2.24, 2.45) is 0 Å². The van der Waals surface area contributed by atoms with Crippen molar-refractivity contribution in [3.05, 3.63) is 30.4 Å². The highest BCUT2D eigenvalue weighted by atomic mass is 32.2. The van der Waals surface area contributed by atoms with E-state index in [1.807, 2.05) is 12.1 Å². The molecule has 22 heavy (non-hydrogen) atoms. The topological polar surface area (TPSA) is 84.1 Å². The van der Waals surface area contributed by atoms with E-state index in [9.17, 15) is 5.11 Å². The summed E-state index contributed by atoms with van der Waals surface area (Å²) in [5, 5.41) is 21.5. The van der Waals surface area contributed by atoms with Crippen molar-refractivity contribution in [3.8, 4) is 0 Å². The van der Waals surface area contributed by atoms with E-state index in [1.165, 1.54) is 6.42 Å². The molecule has 3 rings (SSSR count). The van der Waals surface area contributed by atoms with E-state index in [-0.39, 0.29) is 0 Å². The van der Waals surface area contributed by atoms with Crippen molar-refractivity contribution in [1.29, 1.82) is 0 Å². The number of rotatable bonds is 6. The highest BCUT2D eigenvalue weighted by Gasteiger charge is 2.29. The minimum Gasteiger partial charge on any atom is -0.407 e. The molecule has 0 aliphatic heterocycles. The number of anilines is 1. The van der Waals surface area contributed by atoms with E-state index in [1.54, 1.807) is 24.2 Å². The number of aliphatic hydroxyl groups is 1. The SMILES string of the molecule is OC1(CNc2nnc(CSc3ccncc3)o2)CCCCC1. The van der Waals surface area contributed by atoms with E-state index in [2.05, 4.69) is 20.5 Å². The Bertz CT molecular complexity index is 584. The molecule has 0 saturated heterocycles. The zero-order chi connectivity index (χ0) is 15.3. The van der Waals surface area contributed by atoms with E-state index in [0.29, 0.717) is 24.2 Å². The predicted octanol–water partition coefficient (Wildman–Crippen LogP) is 2.86. The predicted molar refractivity (Wildman–Crippen MR) is 84.6 cm³/mol. The van der Waals surface area contributed by atoms with Crippen LogP contribution in [-0.2, 0) is 5.75 Å². The summed E-state index contributed by atoms with van der Waals surface area (Å²) in [7, 11) is 0. The zero-order valence-corrected chi connectivity index (χ0v) is 13.2. The Morgan fingerprint density at radius 2 is 1.95 bits per heavy atom. The van der Waals surface area contributed by atoms with Crippen LogP contribution < -0.4 is 5.32 Å². The smallest absolute Gasteiger partial charge is 0.315 e. The summed E-state index contributed by atoms with van der Waals surface area (Å²) in [5.74, 6) is 1.18. The molecule has 2 aromatic heterocycles. The van der Waals surface area contributed by atoms with Gasteiger partial charge in [0.15, 0.2) is 0 Å². The Balaban J connectivity index is 1.48. The average Bonchev–Trinajstić information content (AvgIpc) is 3.01. The van der Waals surface area contributed by atoms with Crippen LogP contribution in [0.5, 0.6) is 0 Å². The van der Waals surface area contributed by atoms with E-state index in [0.717, 1.165) is 30.6 Å². The van der Waals surface area contributed by atoms with Gasteiger partial charge in [-0.05, 0) is 25.0 Å². The lowest BCUT2D eigenvalue weighted by atomic mass is 9.85. The summed E-state index contributed by atoms with van der Waals surface area (Å²) < 4.78 is 5.56. The fourth-order valence-electron chi connectivity index (χ4n) is 2.59. The number of nitrogens with zero attached hydrogens (tertiary/aromatic N) is 3. The lowest BCUT2D eigenvalue weighted by Gasteiger charge is -2.31. The van der Waals surface area contributed by atoms with Crippen molar-refractivity contribution in [2.75, 3.05) is 11.9 Å². The molecule has 2 N–H and O–H groups in total. The molecular weight excluding hydrogens is 300 g/mol. The van der Waals surface area contributed by atoms with Gasteiger partial charge in [0.05, 0.1) is 11.4 Å². The Morgan fingerprint density at radius 1 is 1.18 bits per heavy atom. The minimum absolute atomic E-state index is 0.379. The third-order valence-electron chi connectivity index (χ3n) is 3.83. The molecular formula is C15H20N4O2S. The Labute approximate surface area is 133 Å². The molecule has 7 heteroatoms. The molecule has 118 valence electrons. The maximum absolute atomic E-state index is 10.4. The summed E-state index contributed by atoms with van der Waals surface area (Å²) in [4.78, 5) is 5.09. The molecule has 0 unspecified atom stereocenters. The number of pyridine rings is 1. The second kappa shape index (κ2) is 7.11. The zero-order valence-electron chi connectivity index (χ0n) is 12.4. The Morgan fingerprint density at radius 3 is 2.73 bits per heavy atom. The summed E-state index contributed by atoms with van der Waals surface area (Å²) in [6.07, 6.45) is 8.55. The third kappa shape index (κ3) is 4.20. The maximum Gasteiger partial charge on any atom is 0.315 e. The summed E-state index contributed by atoms with van der Waals surface area (Å²) in [6, 6.07) is 4.27. The van der Waals surface area contributed by atoms with Crippen LogP contribution in [0.1, 0.15) is 38.0 Å². The van der Waals surface area contributed by atoms with Crippen molar-refractivity contribution < 1.29 is 9.52 Å². The molecule has 2 heterocycles. The lowest BCUT2D eigenvalue weighted by molar-refractivity contribution is 0.0162. The summed E-state index contributed by atoms with van der Waals surface area (Å²) in [6.45, 7) is 0.464. The van der Waals surface area contributed by atoms with Crippen LogP contribution in [0.3, 0.4) is 0 Å². The van der Waals surface area contributed by atoms with Crippen LogP contribution in [0.15, 0.2) is 33.8 Å². The van der Waals surface area contributed by atoms with Gasteiger partial charge in [0.1, 0.15) is 0 Å². The molecule has 0 atom stereocenters. The first-order valence-electron chi connectivity index (χ1n) is 7.55. The quantitative estimate of drug-likeness (QED) is 0.792. The highest BCUT2D eigenvalue weighted by molar-refractivity contribution is 7.98. The van der Waals surface area contributed by atoms with Gasteiger partial charge in [-0.15, -0.1) is 16.9 Å². The van der Waals surface area contributed by atoms with Gasteiger partial charge in [0.2, 0.25) is 5.89 Å². The van der Waals surface area contributed by atoms with Crippen molar-refractivity contribution in [2.45, 2.75) is 48.4 Å². The van der Waals surface area contributed by atoms with Gasteiger partial charge < -0.3 is 14.8 Å².